The summed E-state index contributed by atoms with van der Waals surface area (Å²) < 4.78 is 2.44. The number of aromatic nitrogens is 1. The summed E-state index contributed by atoms with van der Waals surface area (Å²) in [6.07, 6.45) is 0. The van der Waals surface area contributed by atoms with Crippen LogP contribution in [0.4, 0.5) is 0 Å². The van der Waals surface area contributed by atoms with E-state index in [1.54, 1.807) is 0 Å². The van der Waals surface area contributed by atoms with Crippen molar-refractivity contribution in [3.63, 3.8) is 0 Å². The lowest BCUT2D eigenvalue weighted by molar-refractivity contribution is 0.590. The van der Waals surface area contributed by atoms with Gasteiger partial charge in [-0.3, -0.25) is 0 Å². The molecule has 0 N–H and O–H groups in total. The highest BCUT2D eigenvalue weighted by Crippen LogP contribution is 2.45. The Morgan fingerprint density at radius 3 is 1.25 bits per heavy atom. The fourth-order valence-electron chi connectivity index (χ4n) is 8.23. The SMILES string of the molecule is CC(C)(C)c1ccc2c(c1)c1cc(C(C)(C)C)ccc1n2-c1ccc(-c2ccc3c(-c4ccccc4)c4ccccc4c(-c4ccccc4)c3c2)cc1. The fraction of sp³-hybridized carbons (Fsp3) is 0.154. The van der Waals surface area contributed by atoms with Crippen molar-refractivity contribution in [1.82, 2.24) is 4.57 Å². The van der Waals surface area contributed by atoms with Gasteiger partial charge in [-0.1, -0.05) is 163 Å². The molecule has 0 unspecified atom stereocenters. The molecule has 0 aliphatic rings. The number of nitrogens with zero attached hydrogens (tertiary/aromatic N) is 1. The van der Waals surface area contributed by atoms with Crippen LogP contribution in [0.1, 0.15) is 52.7 Å². The van der Waals surface area contributed by atoms with Crippen LogP contribution in [0.3, 0.4) is 0 Å². The molecule has 0 fully saturated rings. The average Bonchev–Trinajstić information content (AvgIpc) is 3.50. The Hall–Kier alpha value is -5.92. The van der Waals surface area contributed by atoms with E-state index < -0.39 is 0 Å². The minimum atomic E-state index is 0.0697. The van der Waals surface area contributed by atoms with Crippen LogP contribution in [0.2, 0.25) is 0 Å². The lowest BCUT2D eigenvalue weighted by Gasteiger charge is -2.19. The van der Waals surface area contributed by atoms with E-state index in [-0.39, 0.29) is 10.8 Å². The van der Waals surface area contributed by atoms with E-state index in [1.807, 2.05) is 0 Å². The first-order valence-corrected chi connectivity index (χ1v) is 18.9. The summed E-state index contributed by atoms with van der Waals surface area (Å²) in [7, 11) is 0. The first-order valence-electron chi connectivity index (χ1n) is 18.9. The predicted molar refractivity (Wildman–Crippen MR) is 230 cm³/mol. The summed E-state index contributed by atoms with van der Waals surface area (Å²) in [5, 5.41) is 7.70. The van der Waals surface area contributed by atoms with Gasteiger partial charge < -0.3 is 4.57 Å². The predicted octanol–water partition coefficient (Wildman–Crippen LogP) is 14.7. The zero-order valence-corrected chi connectivity index (χ0v) is 31.5. The molecule has 0 spiro atoms. The summed E-state index contributed by atoms with van der Waals surface area (Å²) in [6, 6.07) is 60.9. The molecule has 0 amide bonds. The minimum absolute atomic E-state index is 0.0697. The summed E-state index contributed by atoms with van der Waals surface area (Å²) in [5.41, 5.74) is 14.0. The zero-order chi connectivity index (χ0) is 36.5. The Labute approximate surface area is 313 Å². The molecule has 9 rings (SSSR count). The highest BCUT2D eigenvalue weighted by Gasteiger charge is 2.21. The Balaban J connectivity index is 1.23. The lowest BCUT2D eigenvalue weighted by atomic mass is 9.85. The topological polar surface area (TPSA) is 4.93 Å². The normalized spacial score (nSPS) is 12.3. The van der Waals surface area contributed by atoms with E-state index in [0.717, 1.165) is 0 Å². The van der Waals surface area contributed by atoms with Gasteiger partial charge in [0.1, 0.15) is 0 Å². The van der Waals surface area contributed by atoms with Crippen molar-refractivity contribution >= 4 is 43.4 Å². The monoisotopic (exact) mass is 683 g/mol. The second-order valence-electron chi connectivity index (χ2n) is 16.6. The van der Waals surface area contributed by atoms with Gasteiger partial charge >= 0.3 is 0 Å². The molecule has 1 heteroatoms. The second kappa shape index (κ2) is 12.3. The molecule has 1 aromatic heterocycles. The molecule has 8 aromatic carbocycles. The van der Waals surface area contributed by atoms with Crippen molar-refractivity contribution in [2.45, 2.75) is 52.4 Å². The molecular formula is C52H45N. The molecule has 1 nitrogen and oxygen atoms in total. The molecule has 9 aromatic rings. The van der Waals surface area contributed by atoms with E-state index >= 15 is 0 Å². The molecule has 0 bridgehead atoms. The number of benzene rings is 8. The first-order chi connectivity index (χ1) is 25.6. The Morgan fingerprint density at radius 1 is 0.321 bits per heavy atom. The first kappa shape index (κ1) is 33.0. The average molecular weight is 684 g/mol. The van der Waals surface area contributed by atoms with Gasteiger partial charge in [-0.25, -0.2) is 0 Å². The van der Waals surface area contributed by atoms with Crippen molar-refractivity contribution in [2.75, 3.05) is 0 Å². The molecule has 0 radical (unpaired) electrons. The second-order valence-corrected chi connectivity index (χ2v) is 16.6. The van der Waals surface area contributed by atoms with E-state index in [1.165, 1.54) is 93.5 Å². The van der Waals surface area contributed by atoms with Gasteiger partial charge in [0, 0.05) is 16.5 Å². The molecule has 258 valence electrons. The molecule has 53 heavy (non-hydrogen) atoms. The van der Waals surface area contributed by atoms with Crippen molar-refractivity contribution < 1.29 is 0 Å². The van der Waals surface area contributed by atoms with E-state index in [0.29, 0.717) is 0 Å². The van der Waals surface area contributed by atoms with Crippen LogP contribution in [-0.2, 0) is 10.8 Å². The third kappa shape index (κ3) is 5.63. The quantitative estimate of drug-likeness (QED) is 0.163. The van der Waals surface area contributed by atoms with Crippen LogP contribution < -0.4 is 0 Å². The summed E-state index contributed by atoms with van der Waals surface area (Å²) in [5.74, 6) is 0. The minimum Gasteiger partial charge on any atom is -0.309 e. The van der Waals surface area contributed by atoms with Crippen LogP contribution in [0, 0.1) is 0 Å². The maximum atomic E-state index is 2.44. The van der Waals surface area contributed by atoms with Crippen LogP contribution in [0.5, 0.6) is 0 Å². The highest BCUT2D eigenvalue weighted by molar-refractivity contribution is 6.22. The molecular weight excluding hydrogens is 639 g/mol. The fourth-order valence-corrected chi connectivity index (χ4v) is 8.23. The number of rotatable bonds is 4. The van der Waals surface area contributed by atoms with Gasteiger partial charge in [-0.2, -0.15) is 0 Å². The molecule has 1 heterocycles. The maximum absolute atomic E-state index is 2.44. The number of hydrogen-bond acceptors (Lipinski definition) is 0. The van der Waals surface area contributed by atoms with Crippen LogP contribution >= 0.6 is 0 Å². The molecule has 0 saturated carbocycles. The van der Waals surface area contributed by atoms with E-state index in [9.17, 15) is 0 Å². The van der Waals surface area contributed by atoms with E-state index in [4.69, 9.17) is 0 Å². The standard InChI is InChI=1S/C52H45N/c1-51(2,3)38-24-29-47-44(32-38)45-33-39(52(4,5)6)25-30-48(45)53(47)40-26-21-34(22-27-40)37-23-28-43-46(31-37)50(36-17-11-8-12-18-36)42-20-14-13-19-41(42)49(43)35-15-9-7-10-16-35/h7-33H,1-6H3. The van der Waals surface area contributed by atoms with Gasteiger partial charge in [-0.05, 0) is 119 Å². The Kier molecular flexibility index (Phi) is 7.68. The molecule has 0 aliphatic carbocycles. The van der Waals surface area contributed by atoms with E-state index in [2.05, 4.69) is 210 Å². The number of hydrogen-bond donors (Lipinski definition) is 0. The van der Waals surface area contributed by atoms with Gasteiger partial charge in [0.25, 0.3) is 0 Å². The van der Waals surface area contributed by atoms with Gasteiger partial charge in [0.2, 0.25) is 0 Å². The van der Waals surface area contributed by atoms with Crippen LogP contribution in [-0.4, -0.2) is 4.57 Å². The van der Waals surface area contributed by atoms with Crippen LogP contribution in [0.25, 0.3) is 82.4 Å². The number of fused-ring (bicyclic) bond motifs is 5. The third-order valence-electron chi connectivity index (χ3n) is 11.1. The Bertz CT molecular complexity index is 2730. The molecule has 0 aliphatic heterocycles. The van der Waals surface area contributed by atoms with Crippen molar-refractivity contribution in [1.29, 1.82) is 0 Å². The Morgan fingerprint density at radius 2 is 0.755 bits per heavy atom. The largest absolute Gasteiger partial charge is 0.309 e. The molecule has 0 atom stereocenters. The van der Waals surface area contributed by atoms with Gasteiger partial charge in [0.05, 0.1) is 11.0 Å². The van der Waals surface area contributed by atoms with Gasteiger partial charge in [0.15, 0.2) is 0 Å². The zero-order valence-electron chi connectivity index (χ0n) is 31.5. The summed E-state index contributed by atoms with van der Waals surface area (Å²) in [6.45, 7) is 13.8. The maximum Gasteiger partial charge on any atom is 0.0541 e. The van der Waals surface area contributed by atoms with Crippen molar-refractivity contribution in [3.8, 4) is 39.1 Å². The molecule has 0 saturated heterocycles. The summed E-state index contributed by atoms with van der Waals surface area (Å²) in [4.78, 5) is 0. The third-order valence-corrected chi connectivity index (χ3v) is 11.1. The van der Waals surface area contributed by atoms with Gasteiger partial charge in [-0.15, -0.1) is 0 Å². The highest BCUT2D eigenvalue weighted by atomic mass is 15.0. The summed E-state index contributed by atoms with van der Waals surface area (Å²) >= 11 is 0. The van der Waals surface area contributed by atoms with Crippen LogP contribution in [0.15, 0.2) is 164 Å². The lowest BCUT2D eigenvalue weighted by Crippen LogP contribution is -2.10. The van der Waals surface area contributed by atoms with Crippen molar-refractivity contribution in [2.24, 2.45) is 0 Å². The van der Waals surface area contributed by atoms with Crippen molar-refractivity contribution in [3.05, 3.63) is 175 Å². The smallest absolute Gasteiger partial charge is 0.0541 e.